The van der Waals surface area contributed by atoms with Crippen molar-refractivity contribution in [2.45, 2.75) is 71.1 Å². The Morgan fingerprint density at radius 2 is 1.61 bits per heavy atom. The van der Waals surface area contributed by atoms with Gasteiger partial charge in [0.05, 0.1) is 6.61 Å². The molecule has 0 unspecified atom stereocenters. The van der Waals surface area contributed by atoms with Crippen LogP contribution in [0.2, 0.25) is 0 Å². The highest BCUT2D eigenvalue weighted by atomic mass is 16.5. The predicted octanol–water partition coefficient (Wildman–Crippen LogP) is 3.67. The van der Waals surface area contributed by atoms with E-state index in [1.807, 2.05) is 7.05 Å². The number of rotatable bonds is 13. The summed E-state index contributed by atoms with van der Waals surface area (Å²) in [7, 11) is 1.97. The van der Waals surface area contributed by atoms with E-state index in [0.717, 1.165) is 25.8 Å². The number of ether oxygens (including phenoxy) is 1. The molecule has 0 heterocycles. The van der Waals surface area contributed by atoms with Crippen LogP contribution in [0.15, 0.2) is 0 Å². The number of hydrogen-bond donors (Lipinski definition) is 1. The van der Waals surface area contributed by atoms with Crippen molar-refractivity contribution in [3.63, 3.8) is 0 Å². The van der Waals surface area contributed by atoms with Crippen LogP contribution in [0.25, 0.3) is 0 Å². The Bertz CT molecular complexity index is 165. The van der Waals surface area contributed by atoms with Crippen molar-refractivity contribution in [3.05, 3.63) is 0 Å². The summed E-state index contributed by atoms with van der Waals surface area (Å²) in [4.78, 5) is 11.4. The van der Waals surface area contributed by atoms with Crippen molar-refractivity contribution in [2.24, 2.45) is 0 Å². The Morgan fingerprint density at radius 1 is 0.944 bits per heavy atom. The molecule has 0 saturated carbocycles. The zero-order chi connectivity index (χ0) is 13.5. The first-order valence-corrected chi connectivity index (χ1v) is 7.61. The van der Waals surface area contributed by atoms with E-state index < -0.39 is 0 Å². The van der Waals surface area contributed by atoms with Crippen LogP contribution in [0.5, 0.6) is 0 Å². The molecule has 3 heteroatoms. The fraction of sp³-hybridized carbons (Fsp3) is 0.933. The molecular weight excluding hydrogens is 226 g/mol. The molecule has 0 bridgehead atoms. The van der Waals surface area contributed by atoms with Crippen LogP contribution in [0, 0.1) is 0 Å². The third-order valence-corrected chi connectivity index (χ3v) is 3.07. The molecule has 0 rings (SSSR count). The first-order chi connectivity index (χ1) is 8.81. The van der Waals surface area contributed by atoms with E-state index in [9.17, 15) is 4.79 Å². The standard InChI is InChI=1S/C15H31NO2/c1-3-4-5-8-11-14-18-15(17)12-9-6-7-10-13-16-2/h16H,3-14H2,1-2H3. The molecule has 0 aliphatic carbocycles. The van der Waals surface area contributed by atoms with Gasteiger partial charge in [-0.25, -0.2) is 0 Å². The Balaban J connectivity index is 3.12. The lowest BCUT2D eigenvalue weighted by Gasteiger charge is -2.05. The second-order valence-electron chi connectivity index (χ2n) is 4.90. The molecule has 1 N–H and O–H groups in total. The first-order valence-electron chi connectivity index (χ1n) is 7.61. The molecule has 108 valence electrons. The molecular formula is C15H31NO2. The van der Waals surface area contributed by atoms with E-state index >= 15 is 0 Å². The second-order valence-corrected chi connectivity index (χ2v) is 4.90. The van der Waals surface area contributed by atoms with Crippen LogP contribution in [0.4, 0.5) is 0 Å². The van der Waals surface area contributed by atoms with Gasteiger partial charge in [-0.2, -0.15) is 0 Å². The summed E-state index contributed by atoms with van der Waals surface area (Å²) in [5.74, 6) is -0.0147. The highest BCUT2D eigenvalue weighted by Crippen LogP contribution is 2.05. The molecule has 0 saturated heterocycles. The Kier molecular flexibility index (Phi) is 14.0. The van der Waals surface area contributed by atoms with Crippen LogP contribution >= 0.6 is 0 Å². The van der Waals surface area contributed by atoms with Crippen molar-refractivity contribution < 1.29 is 9.53 Å². The summed E-state index contributed by atoms with van der Waals surface area (Å²) in [6.07, 6.45) is 11.1. The summed E-state index contributed by atoms with van der Waals surface area (Å²) in [6.45, 7) is 3.89. The van der Waals surface area contributed by atoms with E-state index in [-0.39, 0.29) is 5.97 Å². The fourth-order valence-electron chi connectivity index (χ4n) is 1.89. The molecule has 0 aliphatic heterocycles. The van der Waals surface area contributed by atoms with Crippen LogP contribution in [-0.2, 0) is 9.53 Å². The maximum absolute atomic E-state index is 11.4. The Labute approximate surface area is 113 Å². The SMILES string of the molecule is CCCCCCCOC(=O)CCCCCCNC. The van der Waals surface area contributed by atoms with E-state index in [4.69, 9.17) is 4.74 Å². The zero-order valence-corrected chi connectivity index (χ0v) is 12.3. The molecule has 0 aliphatic rings. The smallest absolute Gasteiger partial charge is 0.305 e. The molecule has 3 nitrogen and oxygen atoms in total. The highest BCUT2D eigenvalue weighted by molar-refractivity contribution is 5.69. The van der Waals surface area contributed by atoms with Crippen LogP contribution in [-0.4, -0.2) is 26.2 Å². The maximum Gasteiger partial charge on any atom is 0.305 e. The number of carbonyl (C=O) groups is 1. The lowest BCUT2D eigenvalue weighted by molar-refractivity contribution is -0.143. The van der Waals surface area contributed by atoms with E-state index in [0.29, 0.717) is 13.0 Å². The number of nitrogens with one attached hydrogen (secondary N) is 1. The summed E-state index contributed by atoms with van der Waals surface area (Å²) in [6, 6.07) is 0. The lowest BCUT2D eigenvalue weighted by atomic mass is 10.1. The number of hydrogen-bond acceptors (Lipinski definition) is 3. The average molecular weight is 257 g/mol. The van der Waals surface area contributed by atoms with Gasteiger partial charge in [-0.1, -0.05) is 45.4 Å². The van der Waals surface area contributed by atoms with Crippen LogP contribution in [0.1, 0.15) is 71.1 Å². The van der Waals surface area contributed by atoms with Gasteiger partial charge < -0.3 is 10.1 Å². The Morgan fingerprint density at radius 3 is 2.33 bits per heavy atom. The van der Waals surface area contributed by atoms with Gasteiger partial charge in [0.25, 0.3) is 0 Å². The van der Waals surface area contributed by atoms with Crippen LogP contribution < -0.4 is 5.32 Å². The van der Waals surface area contributed by atoms with Gasteiger partial charge >= 0.3 is 5.97 Å². The molecule has 0 amide bonds. The molecule has 0 aromatic heterocycles. The van der Waals surface area contributed by atoms with Crippen molar-refractivity contribution in [1.82, 2.24) is 5.32 Å². The van der Waals surface area contributed by atoms with Gasteiger partial charge in [0, 0.05) is 6.42 Å². The van der Waals surface area contributed by atoms with Gasteiger partial charge in [0.1, 0.15) is 0 Å². The summed E-state index contributed by atoms with van der Waals surface area (Å²) < 4.78 is 5.20. The minimum Gasteiger partial charge on any atom is -0.466 e. The number of unbranched alkanes of at least 4 members (excludes halogenated alkanes) is 7. The largest absolute Gasteiger partial charge is 0.466 e. The van der Waals surface area contributed by atoms with Crippen LogP contribution in [0.3, 0.4) is 0 Å². The third kappa shape index (κ3) is 13.5. The fourth-order valence-corrected chi connectivity index (χ4v) is 1.89. The monoisotopic (exact) mass is 257 g/mol. The van der Waals surface area contributed by atoms with Crippen molar-refractivity contribution in [1.29, 1.82) is 0 Å². The topological polar surface area (TPSA) is 38.3 Å². The molecule has 0 aromatic carbocycles. The van der Waals surface area contributed by atoms with E-state index in [1.54, 1.807) is 0 Å². The zero-order valence-electron chi connectivity index (χ0n) is 12.3. The van der Waals surface area contributed by atoms with Gasteiger partial charge in [0.2, 0.25) is 0 Å². The summed E-state index contributed by atoms with van der Waals surface area (Å²) in [5.41, 5.74) is 0. The lowest BCUT2D eigenvalue weighted by Crippen LogP contribution is -2.07. The Hall–Kier alpha value is -0.570. The second kappa shape index (κ2) is 14.5. The van der Waals surface area contributed by atoms with Gasteiger partial charge in [-0.15, -0.1) is 0 Å². The molecule has 0 aromatic rings. The summed E-state index contributed by atoms with van der Waals surface area (Å²) >= 11 is 0. The maximum atomic E-state index is 11.4. The normalized spacial score (nSPS) is 10.6. The first kappa shape index (κ1) is 17.4. The van der Waals surface area contributed by atoms with Gasteiger partial charge in [-0.05, 0) is 32.9 Å². The van der Waals surface area contributed by atoms with Crippen molar-refractivity contribution in [2.75, 3.05) is 20.2 Å². The third-order valence-electron chi connectivity index (χ3n) is 3.07. The van der Waals surface area contributed by atoms with Gasteiger partial charge in [0.15, 0.2) is 0 Å². The van der Waals surface area contributed by atoms with Crippen molar-refractivity contribution in [3.8, 4) is 0 Å². The quantitative estimate of drug-likeness (QED) is 0.404. The molecule has 0 fully saturated rings. The summed E-state index contributed by atoms with van der Waals surface area (Å²) in [5, 5.41) is 3.12. The van der Waals surface area contributed by atoms with Crippen molar-refractivity contribution >= 4 is 5.97 Å². The minimum absolute atomic E-state index is 0.0147. The minimum atomic E-state index is -0.0147. The highest BCUT2D eigenvalue weighted by Gasteiger charge is 2.02. The number of carbonyl (C=O) groups excluding carboxylic acids is 1. The average Bonchev–Trinajstić information content (AvgIpc) is 2.38. The number of esters is 1. The molecule has 18 heavy (non-hydrogen) atoms. The molecule has 0 spiro atoms. The molecule has 0 atom stereocenters. The molecule has 0 radical (unpaired) electrons. The van der Waals surface area contributed by atoms with E-state index in [1.165, 1.54) is 38.5 Å². The van der Waals surface area contributed by atoms with E-state index in [2.05, 4.69) is 12.2 Å². The predicted molar refractivity (Wildman–Crippen MR) is 76.7 cm³/mol. The van der Waals surface area contributed by atoms with Gasteiger partial charge in [-0.3, -0.25) is 4.79 Å².